The van der Waals surface area contributed by atoms with E-state index in [2.05, 4.69) is 15.2 Å². The van der Waals surface area contributed by atoms with E-state index in [9.17, 15) is 4.79 Å². The van der Waals surface area contributed by atoms with Crippen molar-refractivity contribution in [2.45, 2.75) is 20.3 Å². The largest absolute Gasteiger partial charge is 0.421 e. The lowest BCUT2D eigenvalue weighted by Crippen LogP contribution is -2.08. The second-order valence-corrected chi connectivity index (χ2v) is 5.72. The summed E-state index contributed by atoms with van der Waals surface area (Å²) < 4.78 is 5.39. The third-order valence-electron chi connectivity index (χ3n) is 3.57. The molecule has 2 heterocycles. The molecule has 24 heavy (non-hydrogen) atoms. The van der Waals surface area contributed by atoms with Crippen LogP contribution in [0.1, 0.15) is 18.3 Å². The summed E-state index contributed by atoms with van der Waals surface area (Å²) >= 11 is 0. The van der Waals surface area contributed by atoms with E-state index in [-0.39, 0.29) is 5.69 Å². The first-order chi connectivity index (χ1) is 11.5. The molecule has 0 aliphatic heterocycles. The van der Waals surface area contributed by atoms with Crippen molar-refractivity contribution < 1.29 is 4.42 Å². The standard InChI is InChI=1S/C17H19N5O2/c1-5-14-11(2)19-22(20-14)13-7-6-12-8-15(18-10-21(3)4)17(23)24-16(12)9-13/h6-10H,5H2,1-4H3/b18-10+. The number of fused-ring (bicyclic) bond motifs is 1. The van der Waals surface area contributed by atoms with Gasteiger partial charge in [0.2, 0.25) is 0 Å². The lowest BCUT2D eigenvalue weighted by molar-refractivity contribution is 0.561. The number of hydrogen-bond acceptors (Lipinski definition) is 5. The molecule has 3 rings (SSSR count). The van der Waals surface area contributed by atoms with E-state index in [0.717, 1.165) is 28.9 Å². The lowest BCUT2D eigenvalue weighted by Gasteiger charge is -2.04. The Labute approximate surface area is 139 Å². The van der Waals surface area contributed by atoms with Gasteiger partial charge in [-0.05, 0) is 31.5 Å². The summed E-state index contributed by atoms with van der Waals surface area (Å²) in [6.45, 7) is 3.97. The van der Waals surface area contributed by atoms with E-state index >= 15 is 0 Å². The maximum absolute atomic E-state index is 12.1. The van der Waals surface area contributed by atoms with Gasteiger partial charge in [-0.25, -0.2) is 9.79 Å². The zero-order valence-electron chi connectivity index (χ0n) is 14.1. The molecule has 0 fully saturated rings. The van der Waals surface area contributed by atoms with Crippen LogP contribution in [0.2, 0.25) is 0 Å². The van der Waals surface area contributed by atoms with E-state index in [1.165, 1.54) is 0 Å². The van der Waals surface area contributed by atoms with Crippen molar-refractivity contribution in [3.05, 3.63) is 46.1 Å². The normalized spacial score (nSPS) is 11.5. The Morgan fingerprint density at radius 1 is 1.29 bits per heavy atom. The molecule has 0 spiro atoms. The van der Waals surface area contributed by atoms with Crippen LogP contribution in [0.5, 0.6) is 0 Å². The summed E-state index contributed by atoms with van der Waals surface area (Å²) in [6.07, 6.45) is 2.39. The Morgan fingerprint density at radius 3 is 2.75 bits per heavy atom. The molecule has 0 amide bonds. The van der Waals surface area contributed by atoms with Crippen molar-refractivity contribution in [2.24, 2.45) is 4.99 Å². The predicted octanol–water partition coefficient (Wildman–Crippen LogP) is 2.47. The van der Waals surface area contributed by atoms with Gasteiger partial charge >= 0.3 is 5.63 Å². The molecule has 0 unspecified atom stereocenters. The van der Waals surface area contributed by atoms with Crippen molar-refractivity contribution in [1.82, 2.24) is 19.9 Å². The highest BCUT2D eigenvalue weighted by atomic mass is 16.4. The zero-order valence-corrected chi connectivity index (χ0v) is 14.1. The molecule has 7 nitrogen and oxygen atoms in total. The zero-order chi connectivity index (χ0) is 17.3. The fraction of sp³-hybridized carbons (Fsp3) is 0.294. The van der Waals surface area contributed by atoms with E-state index in [0.29, 0.717) is 5.58 Å². The van der Waals surface area contributed by atoms with E-state index in [1.54, 1.807) is 28.2 Å². The number of nitrogens with zero attached hydrogens (tertiary/aromatic N) is 5. The average Bonchev–Trinajstić information content (AvgIpc) is 2.93. The number of hydrogen-bond donors (Lipinski definition) is 0. The summed E-state index contributed by atoms with van der Waals surface area (Å²) in [6, 6.07) is 7.23. The average molecular weight is 325 g/mol. The number of rotatable bonds is 4. The predicted molar refractivity (Wildman–Crippen MR) is 93.4 cm³/mol. The Bertz CT molecular complexity index is 969. The van der Waals surface area contributed by atoms with E-state index in [1.807, 2.05) is 40.1 Å². The van der Waals surface area contributed by atoms with Crippen molar-refractivity contribution in [3.63, 3.8) is 0 Å². The first kappa shape index (κ1) is 15.9. The molecular formula is C17H19N5O2. The monoisotopic (exact) mass is 325 g/mol. The van der Waals surface area contributed by atoms with Gasteiger partial charge in [-0.1, -0.05) is 6.92 Å². The third-order valence-corrected chi connectivity index (χ3v) is 3.57. The fourth-order valence-corrected chi connectivity index (χ4v) is 2.33. The molecule has 0 N–H and O–H groups in total. The van der Waals surface area contributed by atoms with Gasteiger partial charge in [0, 0.05) is 25.5 Å². The number of aliphatic imine (C=N–C) groups is 1. The summed E-state index contributed by atoms with van der Waals surface area (Å²) in [5.74, 6) is 0. The van der Waals surface area contributed by atoms with Crippen LogP contribution in [0, 0.1) is 6.92 Å². The minimum atomic E-state index is -0.475. The van der Waals surface area contributed by atoms with Gasteiger partial charge in [0.1, 0.15) is 5.58 Å². The molecule has 124 valence electrons. The minimum Gasteiger partial charge on any atom is -0.421 e. The maximum atomic E-state index is 12.1. The molecule has 0 radical (unpaired) electrons. The van der Waals surface area contributed by atoms with Gasteiger partial charge in [-0.3, -0.25) is 0 Å². The van der Waals surface area contributed by atoms with E-state index in [4.69, 9.17) is 4.42 Å². The van der Waals surface area contributed by atoms with Crippen LogP contribution >= 0.6 is 0 Å². The smallest absolute Gasteiger partial charge is 0.362 e. The Kier molecular flexibility index (Phi) is 4.16. The molecule has 0 bridgehead atoms. The number of aromatic nitrogens is 3. The molecule has 3 aromatic rings. The van der Waals surface area contributed by atoms with Gasteiger partial charge in [0.05, 0.1) is 23.4 Å². The first-order valence-corrected chi connectivity index (χ1v) is 7.69. The summed E-state index contributed by atoms with van der Waals surface area (Å²) in [4.78, 5) is 19.5. The van der Waals surface area contributed by atoms with Crippen LogP contribution < -0.4 is 5.63 Å². The van der Waals surface area contributed by atoms with Gasteiger partial charge in [-0.15, -0.1) is 0 Å². The van der Waals surface area contributed by atoms with Gasteiger partial charge in [0.15, 0.2) is 5.69 Å². The molecule has 0 atom stereocenters. The van der Waals surface area contributed by atoms with Crippen molar-refractivity contribution in [3.8, 4) is 5.69 Å². The van der Waals surface area contributed by atoms with Crippen LogP contribution in [0.4, 0.5) is 5.69 Å². The molecule has 0 saturated carbocycles. The fourth-order valence-electron chi connectivity index (χ4n) is 2.33. The first-order valence-electron chi connectivity index (χ1n) is 7.69. The van der Waals surface area contributed by atoms with Crippen LogP contribution in [-0.2, 0) is 6.42 Å². The molecule has 0 saturated heterocycles. The second kappa shape index (κ2) is 6.27. The molecule has 7 heteroatoms. The molecule has 2 aromatic heterocycles. The van der Waals surface area contributed by atoms with Gasteiger partial charge in [0.25, 0.3) is 0 Å². The highest BCUT2D eigenvalue weighted by Crippen LogP contribution is 2.20. The van der Waals surface area contributed by atoms with Gasteiger partial charge in [-0.2, -0.15) is 15.0 Å². The maximum Gasteiger partial charge on any atom is 0.362 e. The third kappa shape index (κ3) is 3.05. The highest BCUT2D eigenvalue weighted by Gasteiger charge is 2.09. The van der Waals surface area contributed by atoms with Crippen LogP contribution in [0.15, 0.2) is 38.5 Å². The summed E-state index contributed by atoms with van der Waals surface area (Å²) in [5.41, 5.74) is 2.87. The topological polar surface area (TPSA) is 76.5 Å². The SMILES string of the molecule is CCc1nn(-c2ccc3cc(/N=C/N(C)C)c(=O)oc3c2)nc1C. The molecular weight excluding hydrogens is 306 g/mol. The van der Waals surface area contributed by atoms with Crippen molar-refractivity contribution in [2.75, 3.05) is 14.1 Å². The highest BCUT2D eigenvalue weighted by molar-refractivity contribution is 5.81. The summed E-state index contributed by atoms with van der Waals surface area (Å²) in [5, 5.41) is 9.65. The Morgan fingerprint density at radius 2 is 2.08 bits per heavy atom. The van der Waals surface area contributed by atoms with E-state index < -0.39 is 5.63 Å². The summed E-state index contributed by atoms with van der Waals surface area (Å²) in [7, 11) is 3.67. The van der Waals surface area contributed by atoms with Crippen LogP contribution in [0.25, 0.3) is 16.7 Å². The van der Waals surface area contributed by atoms with Crippen LogP contribution in [-0.4, -0.2) is 40.3 Å². The molecule has 0 aliphatic carbocycles. The Hall–Kier alpha value is -2.96. The molecule has 0 aliphatic rings. The van der Waals surface area contributed by atoms with Gasteiger partial charge < -0.3 is 9.32 Å². The molecule has 1 aromatic carbocycles. The van der Waals surface area contributed by atoms with Crippen molar-refractivity contribution >= 4 is 23.0 Å². The minimum absolute atomic E-state index is 0.269. The number of benzene rings is 1. The van der Waals surface area contributed by atoms with Crippen LogP contribution in [0.3, 0.4) is 0 Å². The second-order valence-electron chi connectivity index (χ2n) is 5.72. The lowest BCUT2D eigenvalue weighted by atomic mass is 10.2. The number of aryl methyl sites for hydroxylation is 2. The van der Waals surface area contributed by atoms with Crippen molar-refractivity contribution in [1.29, 1.82) is 0 Å². The Balaban J connectivity index is 2.05. The quantitative estimate of drug-likeness (QED) is 0.418.